The number of nitrogens with one attached hydrogen (secondary N) is 1. The first-order chi connectivity index (χ1) is 8.54. The summed E-state index contributed by atoms with van der Waals surface area (Å²) in [6.07, 6.45) is 0. The van der Waals surface area contributed by atoms with E-state index in [1.165, 1.54) is 0 Å². The van der Waals surface area contributed by atoms with Gasteiger partial charge in [0.15, 0.2) is 0 Å². The molecule has 0 atom stereocenters. The number of nitrogens with two attached hydrogens (primary N) is 1. The minimum Gasteiger partial charge on any atom is -0.388 e. The highest BCUT2D eigenvalue weighted by Gasteiger charge is 2.05. The van der Waals surface area contributed by atoms with Crippen molar-refractivity contribution in [1.82, 2.24) is 15.0 Å². The molecule has 0 aliphatic heterocycles. The van der Waals surface area contributed by atoms with Gasteiger partial charge in [-0.15, -0.1) is 11.3 Å². The van der Waals surface area contributed by atoms with Crippen molar-refractivity contribution in [2.24, 2.45) is 5.73 Å². The highest BCUT2D eigenvalue weighted by molar-refractivity contribution is 7.80. The summed E-state index contributed by atoms with van der Waals surface area (Å²) < 4.78 is 0. The Morgan fingerprint density at radius 2 is 2.17 bits per heavy atom. The first kappa shape index (κ1) is 12.8. The number of nitrogens with zero attached hydrogens (tertiary/aromatic N) is 3. The van der Waals surface area contributed by atoms with E-state index in [1.807, 2.05) is 19.2 Å². The zero-order chi connectivity index (χ0) is 13.1. The summed E-state index contributed by atoms with van der Waals surface area (Å²) in [5.41, 5.74) is 7.94. The SMILES string of the molecule is Cc1cc(C(N)=S)nc(NCc2csc(C)n2)n1. The zero-order valence-corrected chi connectivity index (χ0v) is 11.7. The molecule has 0 aromatic carbocycles. The van der Waals surface area contributed by atoms with Crippen molar-refractivity contribution in [3.63, 3.8) is 0 Å². The number of thiocarbonyl (C=S) groups is 1. The van der Waals surface area contributed by atoms with Crippen molar-refractivity contribution in [3.05, 3.63) is 33.5 Å². The molecule has 0 saturated heterocycles. The van der Waals surface area contributed by atoms with Gasteiger partial charge in [-0.2, -0.15) is 0 Å². The van der Waals surface area contributed by atoms with Crippen molar-refractivity contribution in [3.8, 4) is 0 Å². The monoisotopic (exact) mass is 279 g/mol. The smallest absolute Gasteiger partial charge is 0.223 e. The summed E-state index contributed by atoms with van der Waals surface area (Å²) in [7, 11) is 0. The second-order valence-electron chi connectivity index (χ2n) is 3.79. The molecule has 0 fully saturated rings. The minimum atomic E-state index is 0.271. The lowest BCUT2D eigenvalue weighted by Crippen LogP contribution is -2.14. The number of aryl methyl sites for hydroxylation is 2. The number of thiazole rings is 1. The van der Waals surface area contributed by atoms with Gasteiger partial charge >= 0.3 is 0 Å². The lowest BCUT2D eigenvalue weighted by Gasteiger charge is -2.06. The average Bonchev–Trinajstić information content (AvgIpc) is 2.72. The lowest BCUT2D eigenvalue weighted by atomic mass is 10.3. The maximum absolute atomic E-state index is 5.56. The van der Waals surface area contributed by atoms with E-state index in [1.54, 1.807) is 17.4 Å². The fraction of sp³-hybridized carbons (Fsp3) is 0.273. The largest absolute Gasteiger partial charge is 0.388 e. The van der Waals surface area contributed by atoms with Gasteiger partial charge in [-0.25, -0.2) is 15.0 Å². The number of rotatable bonds is 4. The maximum Gasteiger partial charge on any atom is 0.223 e. The second kappa shape index (κ2) is 5.36. The van der Waals surface area contributed by atoms with Crippen LogP contribution >= 0.6 is 23.6 Å². The molecule has 2 aromatic heterocycles. The topological polar surface area (TPSA) is 76.7 Å². The molecule has 0 radical (unpaired) electrons. The van der Waals surface area contributed by atoms with Crippen LogP contribution in [0.3, 0.4) is 0 Å². The van der Waals surface area contributed by atoms with Crippen molar-refractivity contribution in [1.29, 1.82) is 0 Å². The summed E-state index contributed by atoms with van der Waals surface area (Å²) in [6, 6.07) is 1.76. The average molecular weight is 279 g/mol. The van der Waals surface area contributed by atoms with Crippen LogP contribution in [0.15, 0.2) is 11.4 Å². The van der Waals surface area contributed by atoms with Crippen LogP contribution in [-0.2, 0) is 6.54 Å². The minimum absolute atomic E-state index is 0.271. The summed E-state index contributed by atoms with van der Waals surface area (Å²) in [6.45, 7) is 4.44. The van der Waals surface area contributed by atoms with E-state index in [-0.39, 0.29) is 4.99 Å². The van der Waals surface area contributed by atoms with Crippen molar-refractivity contribution >= 4 is 34.5 Å². The molecule has 2 aromatic rings. The van der Waals surface area contributed by atoms with Crippen LogP contribution in [0.4, 0.5) is 5.95 Å². The molecule has 3 N–H and O–H groups in total. The Morgan fingerprint density at radius 1 is 1.39 bits per heavy atom. The summed E-state index contributed by atoms with van der Waals surface area (Å²) >= 11 is 6.53. The molecule has 0 spiro atoms. The maximum atomic E-state index is 5.56. The van der Waals surface area contributed by atoms with E-state index < -0.39 is 0 Å². The van der Waals surface area contributed by atoms with E-state index in [2.05, 4.69) is 20.3 Å². The third-order valence-corrected chi connectivity index (χ3v) is 3.23. The summed E-state index contributed by atoms with van der Waals surface area (Å²) in [4.78, 5) is 13.1. The van der Waals surface area contributed by atoms with Crippen molar-refractivity contribution in [2.45, 2.75) is 20.4 Å². The lowest BCUT2D eigenvalue weighted by molar-refractivity contribution is 0.991. The van der Waals surface area contributed by atoms with Crippen LogP contribution in [0.5, 0.6) is 0 Å². The Hall–Kier alpha value is -1.60. The predicted molar refractivity (Wildman–Crippen MR) is 76.8 cm³/mol. The van der Waals surface area contributed by atoms with Gasteiger partial charge in [-0.3, -0.25) is 0 Å². The van der Waals surface area contributed by atoms with Gasteiger partial charge in [-0.1, -0.05) is 12.2 Å². The fourth-order valence-corrected chi connectivity index (χ4v) is 2.15. The molecule has 0 bridgehead atoms. The molecule has 0 saturated carbocycles. The van der Waals surface area contributed by atoms with Crippen LogP contribution in [0.2, 0.25) is 0 Å². The molecule has 2 heterocycles. The van der Waals surface area contributed by atoms with Gasteiger partial charge in [0.2, 0.25) is 5.95 Å². The Labute approximate surface area is 114 Å². The Balaban J connectivity index is 2.11. The van der Waals surface area contributed by atoms with E-state index in [0.29, 0.717) is 18.2 Å². The fourth-order valence-electron chi connectivity index (χ4n) is 1.43. The molecule has 0 aliphatic carbocycles. The molecule has 0 unspecified atom stereocenters. The third-order valence-electron chi connectivity index (χ3n) is 2.20. The van der Waals surface area contributed by atoms with Gasteiger partial charge < -0.3 is 11.1 Å². The normalized spacial score (nSPS) is 10.3. The van der Waals surface area contributed by atoms with E-state index in [4.69, 9.17) is 18.0 Å². The van der Waals surface area contributed by atoms with Crippen LogP contribution in [0.25, 0.3) is 0 Å². The first-order valence-corrected chi connectivity index (χ1v) is 6.64. The van der Waals surface area contributed by atoms with Crippen molar-refractivity contribution < 1.29 is 0 Å². The van der Waals surface area contributed by atoms with Gasteiger partial charge in [0.1, 0.15) is 10.7 Å². The highest BCUT2D eigenvalue weighted by Crippen LogP contribution is 2.10. The predicted octanol–water partition coefficient (Wildman–Crippen LogP) is 1.80. The Kier molecular flexibility index (Phi) is 3.83. The Bertz CT molecular complexity index is 579. The molecular weight excluding hydrogens is 266 g/mol. The number of hydrogen-bond acceptors (Lipinski definition) is 6. The molecule has 18 heavy (non-hydrogen) atoms. The van der Waals surface area contributed by atoms with E-state index in [0.717, 1.165) is 16.4 Å². The van der Waals surface area contributed by atoms with Gasteiger partial charge in [0.25, 0.3) is 0 Å². The van der Waals surface area contributed by atoms with Gasteiger partial charge in [0.05, 0.1) is 17.2 Å². The molecule has 0 aliphatic rings. The third kappa shape index (κ3) is 3.21. The van der Waals surface area contributed by atoms with Crippen LogP contribution < -0.4 is 11.1 Å². The van der Waals surface area contributed by atoms with E-state index in [9.17, 15) is 0 Å². The van der Waals surface area contributed by atoms with Crippen LogP contribution in [0, 0.1) is 13.8 Å². The number of anilines is 1. The molecular formula is C11H13N5S2. The van der Waals surface area contributed by atoms with Crippen LogP contribution in [-0.4, -0.2) is 19.9 Å². The molecule has 2 rings (SSSR count). The molecule has 7 heteroatoms. The standard InChI is InChI=1S/C11H13N5S2/c1-6-3-9(10(12)17)16-11(14-6)13-4-8-5-18-7(2)15-8/h3,5H,4H2,1-2H3,(H2,12,17)(H,13,14,16). The number of hydrogen-bond donors (Lipinski definition) is 2. The summed E-state index contributed by atoms with van der Waals surface area (Å²) in [5, 5.41) is 6.17. The Morgan fingerprint density at radius 3 is 2.78 bits per heavy atom. The quantitative estimate of drug-likeness (QED) is 0.831. The summed E-state index contributed by atoms with van der Waals surface area (Å²) in [5.74, 6) is 0.517. The van der Waals surface area contributed by atoms with Gasteiger partial charge in [-0.05, 0) is 19.9 Å². The first-order valence-electron chi connectivity index (χ1n) is 5.35. The van der Waals surface area contributed by atoms with Crippen LogP contribution in [0.1, 0.15) is 22.1 Å². The van der Waals surface area contributed by atoms with Gasteiger partial charge in [0, 0.05) is 11.1 Å². The highest BCUT2D eigenvalue weighted by atomic mass is 32.1. The van der Waals surface area contributed by atoms with Crippen molar-refractivity contribution in [2.75, 3.05) is 5.32 Å². The number of aromatic nitrogens is 3. The van der Waals surface area contributed by atoms with E-state index >= 15 is 0 Å². The second-order valence-corrected chi connectivity index (χ2v) is 5.30. The molecule has 94 valence electrons. The zero-order valence-electron chi connectivity index (χ0n) is 10.1. The molecule has 0 amide bonds. The molecule has 5 nitrogen and oxygen atoms in total.